The van der Waals surface area contributed by atoms with Crippen molar-refractivity contribution < 1.29 is 8.42 Å². The van der Waals surface area contributed by atoms with Crippen LogP contribution in [0.15, 0.2) is 0 Å². The highest BCUT2D eigenvalue weighted by molar-refractivity contribution is 7.89. The van der Waals surface area contributed by atoms with E-state index in [1.54, 1.807) is 4.31 Å². The first-order valence-electron chi connectivity index (χ1n) is 7.65. The van der Waals surface area contributed by atoms with Crippen molar-refractivity contribution >= 4 is 10.0 Å². The predicted octanol–water partition coefficient (Wildman–Crippen LogP) is 1.11. The molecule has 0 aromatic heterocycles. The molecule has 6 heteroatoms. The van der Waals surface area contributed by atoms with E-state index in [4.69, 9.17) is 5.73 Å². The van der Waals surface area contributed by atoms with E-state index in [1.165, 1.54) is 0 Å². The molecule has 0 amide bonds. The zero-order valence-electron chi connectivity index (χ0n) is 13.3. The summed E-state index contributed by atoms with van der Waals surface area (Å²) in [5.41, 5.74) is 5.55. The SMILES string of the molecule is CC(C)(C)CCS(=O)(=O)N1CCN(CCCCN)CC1. The molecule has 1 rings (SSSR count). The topological polar surface area (TPSA) is 66.6 Å². The summed E-state index contributed by atoms with van der Waals surface area (Å²) in [6.45, 7) is 11.0. The molecule has 0 aliphatic carbocycles. The Morgan fingerprint density at radius 3 is 2.15 bits per heavy atom. The number of unbranched alkanes of at least 4 members (excludes halogenated alkanes) is 1. The minimum Gasteiger partial charge on any atom is -0.330 e. The van der Waals surface area contributed by atoms with Crippen LogP contribution >= 0.6 is 0 Å². The average molecular weight is 305 g/mol. The molecule has 0 bridgehead atoms. The van der Waals surface area contributed by atoms with Gasteiger partial charge < -0.3 is 10.6 Å². The van der Waals surface area contributed by atoms with E-state index in [2.05, 4.69) is 25.7 Å². The second-order valence-corrected chi connectivity index (χ2v) is 8.95. The summed E-state index contributed by atoms with van der Waals surface area (Å²) in [5, 5.41) is 0. The van der Waals surface area contributed by atoms with Gasteiger partial charge >= 0.3 is 0 Å². The maximum atomic E-state index is 12.3. The van der Waals surface area contributed by atoms with Crippen LogP contribution in [0.2, 0.25) is 0 Å². The molecule has 120 valence electrons. The molecule has 0 saturated carbocycles. The Morgan fingerprint density at radius 2 is 1.65 bits per heavy atom. The lowest BCUT2D eigenvalue weighted by atomic mass is 9.94. The summed E-state index contributed by atoms with van der Waals surface area (Å²) >= 11 is 0. The maximum absolute atomic E-state index is 12.3. The van der Waals surface area contributed by atoms with Gasteiger partial charge in [-0.1, -0.05) is 20.8 Å². The van der Waals surface area contributed by atoms with Gasteiger partial charge in [0.25, 0.3) is 0 Å². The molecule has 0 unspecified atom stereocenters. The van der Waals surface area contributed by atoms with E-state index in [0.29, 0.717) is 19.5 Å². The lowest BCUT2D eigenvalue weighted by molar-refractivity contribution is 0.185. The number of nitrogens with two attached hydrogens (primary N) is 1. The second-order valence-electron chi connectivity index (χ2n) is 6.86. The van der Waals surface area contributed by atoms with Crippen molar-refractivity contribution in [3.05, 3.63) is 0 Å². The predicted molar refractivity (Wildman–Crippen MR) is 84.2 cm³/mol. The molecule has 2 N–H and O–H groups in total. The van der Waals surface area contributed by atoms with Crippen molar-refractivity contribution in [2.24, 2.45) is 11.1 Å². The van der Waals surface area contributed by atoms with Gasteiger partial charge in [-0.2, -0.15) is 4.31 Å². The number of nitrogens with zero attached hydrogens (tertiary/aromatic N) is 2. The van der Waals surface area contributed by atoms with Gasteiger partial charge in [0, 0.05) is 26.2 Å². The molecule has 0 aromatic rings. The van der Waals surface area contributed by atoms with E-state index < -0.39 is 10.0 Å². The standard InChI is InChI=1S/C14H31N3O2S/c1-14(2,3)6-13-20(18,19)17-11-9-16(10-12-17)8-5-4-7-15/h4-13,15H2,1-3H3. The largest absolute Gasteiger partial charge is 0.330 e. The third-order valence-electron chi connectivity index (χ3n) is 3.76. The van der Waals surface area contributed by atoms with E-state index >= 15 is 0 Å². The van der Waals surface area contributed by atoms with Gasteiger partial charge in [-0.3, -0.25) is 0 Å². The minimum atomic E-state index is -3.08. The number of sulfonamides is 1. The first kappa shape index (κ1) is 17.9. The highest BCUT2D eigenvalue weighted by Crippen LogP contribution is 2.21. The summed E-state index contributed by atoms with van der Waals surface area (Å²) in [6.07, 6.45) is 2.86. The van der Waals surface area contributed by atoms with E-state index in [0.717, 1.165) is 39.0 Å². The van der Waals surface area contributed by atoms with Crippen LogP contribution in [-0.2, 0) is 10.0 Å². The Labute approximate surface area is 124 Å². The van der Waals surface area contributed by atoms with Crippen LogP contribution < -0.4 is 5.73 Å². The van der Waals surface area contributed by atoms with Crippen molar-refractivity contribution in [3.63, 3.8) is 0 Å². The Kier molecular flexibility index (Phi) is 6.91. The Balaban J connectivity index is 2.36. The van der Waals surface area contributed by atoms with Crippen LogP contribution in [0.5, 0.6) is 0 Å². The number of rotatable bonds is 7. The Hall–Kier alpha value is -0.170. The number of piperazine rings is 1. The van der Waals surface area contributed by atoms with Crippen LogP contribution in [0.4, 0.5) is 0 Å². The summed E-state index contributed by atoms with van der Waals surface area (Å²) < 4.78 is 26.2. The summed E-state index contributed by atoms with van der Waals surface area (Å²) in [5.74, 6) is 0.268. The zero-order valence-corrected chi connectivity index (χ0v) is 14.1. The van der Waals surface area contributed by atoms with Gasteiger partial charge in [0.1, 0.15) is 0 Å². The molecule has 1 heterocycles. The molecule has 0 aromatic carbocycles. The van der Waals surface area contributed by atoms with Gasteiger partial charge in [0.15, 0.2) is 0 Å². The first-order chi connectivity index (χ1) is 9.24. The molecule has 0 spiro atoms. The number of hydrogen-bond donors (Lipinski definition) is 1. The summed E-state index contributed by atoms with van der Waals surface area (Å²) in [6, 6.07) is 0. The van der Waals surface area contributed by atoms with Gasteiger partial charge in [0.05, 0.1) is 5.75 Å². The fraction of sp³-hybridized carbons (Fsp3) is 1.00. The van der Waals surface area contributed by atoms with Crippen molar-refractivity contribution in [1.82, 2.24) is 9.21 Å². The number of hydrogen-bond acceptors (Lipinski definition) is 4. The van der Waals surface area contributed by atoms with Crippen LogP contribution in [-0.4, -0.2) is 62.6 Å². The molecular weight excluding hydrogens is 274 g/mol. The second kappa shape index (κ2) is 7.73. The fourth-order valence-corrected chi connectivity index (χ4v) is 4.12. The van der Waals surface area contributed by atoms with Crippen LogP contribution in [0.3, 0.4) is 0 Å². The van der Waals surface area contributed by atoms with Gasteiger partial charge in [-0.25, -0.2) is 8.42 Å². The molecule has 1 saturated heterocycles. The average Bonchev–Trinajstić information content (AvgIpc) is 2.37. The normalized spacial score (nSPS) is 19.4. The molecule has 1 fully saturated rings. The van der Waals surface area contributed by atoms with Crippen molar-refractivity contribution in [1.29, 1.82) is 0 Å². The van der Waals surface area contributed by atoms with E-state index in [-0.39, 0.29) is 11.2 Å². The quantitative estimate of drug-likeness (QED) is 0.716. The van der Waals surface area contributed by atoms with Crippen LogP contribution in [0, 0.1) is 5.41 Å². The van der Waals surface area contributed by atoms with Crippen molar-refractivity contribution in [2.75, 3.05) is 45.0 Å². The van der Waals surface area contributed by atoms with Crippen molar-refractivity contribution in [2.45, 2.75) is 40.0 Å². The minimum absolute atomic E-state index is 0.0666. The van der Waals surface area contributed by atoms with Gasteiger partial charge in [-0.05, 0) is 37.8 Å². The molecule has 0 radical (unpaired) electrons. The van der Waals surface area contributed by atoms with Gasteiger partial charge in [-0.15, -0.1) is 0 Å². The lowest BCUT2D eigenvalue weighted by Crippen LogP contribution is -2.49. The smallest absolute Gasteiger partial charge is 0.214 e. The van der Waals surface area contributed by atoms with Crippen molar-refractivity contribution in [3.8, 4) is 0 Å². The van der Waals surface area contributed by atoms with Crippen LogP contribution in [0.25, 0.3) is 0 Å². The Morgan fingerprint density at radius 1 is 1.05 bits per heavy atom. The third kappa shape index (κ3) is 6.52. The maximum Gasteiger partial charge on any atom is 0.214 e. The monoisotopic (exact) mass is 305 g/mol. The van der Waals surface area contributed by atoms with E-state index in [1.807, 2.05) is 0 Å². The molecule has 5 nitrogen and oxygen atoms in total. The first-order valence-corrected chi connectivity index (χ1v) is 9.26. The Bertz CT molecular complexity index is 368. The van der Waals surface area contributed by atoms with Crippen LogP contribution in [0.1, 0.15) is 40.0 Å². The molecule has 1 aliphatic heterocycles. The lowest BCUT2D eigenvalue weighted by Gasteiger charge is -2.34. The highest BCUT2D eigenvalue weighted by Gasteiger charge is 2.27. The fourth-order valence-electron chi connectivity index (χ4n) is 2.28. The van der Waals surface area contributed by atoms with E-state index in [9.17, 15) is 8.42 Å². The molecular formula is C14H31N3O2S. The summed E-state index contributed by atoms with van der Waals surface area (Å²) in [4.78, 5) is 2.34. The zero-order chi connectivity index (χ0) is 15.2. The molecule has 20 heavy (non-hydrogen) atoms. The molecule has 1 aliphatic rings. The summed E-state index contributed by atoms with van der Waals surface area (Å²) in [7, 11) is -3.08. The third-order valence-corrected chi connectivity index (χ3v) is 5.64. The highest BCUT2D eigenvalue weighted by atomic mass is 32.2. The van der Waals surface area contributed by atoms with Gasteiger partial charge in [0.2, 0.25) is 10.0 Å². The molecule has 0 atom stereocenters.